The van der Waals surface area contributed by atoms with Gasteiger partial charge in [0, 0.05) is 18.3 Å². The molecule has 0 unspecified atom stereocenters. The summed E-state index contributed by atoms with van der Waals surface area (Å²) in [6.07, 6.45) is -8.50. The fraction of sp³-hybridized carbons (Fsp3) is 0.154. The molecule has 2 nitrogen and oxygen atoms in total. The van der Waals surface area contributed by atoms with Gasteiger partial charge in [0.05, 0.1) is 11.1 Å². The highest BCUT2D eigenvalue weighted by Gasteiger charge is 2.38. The van der Waals surface area contributed by atoms with Crippen molar-refractivity contribution in [3.05, 3.63) is 53.7 Å². The smallest absolute Gasteiger partial charge is 0.419 e. The number of nitrogens with zero attached hydrogens (tertiary/aromatic N) is 1. The zero-order valence-corrected chi connectivity index (χ0v) is 10.1. The van der Waals surface area contributed by atoms with Gasteiger partial charge in [-0.1, -0.05) is 0 Å². The van der Waals surface area contributed by atoms with E-state index in [1.807, 2.05) is 0 Å². The van der Waals surface area contributed by atoms with E-state index >= 15 is 0 Å². The number of hydrogen-bond acceptors (Lipinski definition) is 2. The molecule has 2 aromatic rings. The molecule has 0 N–H and O–H groups in total. The maximum Gasteiger partial charge on any atom is 0.419 e. The Hall–Kier alpha value is -2.25. The van der Waals surface area contributed by atoms with Crippen LogP contribution in [0.4, 0.5) is 26.3 Å². The lowest BCUT2D eigenvalue weighted by molar-refractivity contribution is -0.142. The Balaban J connectivity index is 2.49. The minimum Gasteiger partial charge on any atom is -0.438 e. The molecular weight excluding hydrogens is 300 g/mol. The highest BCUT2D eigenvalue weighted by Crippen LogP contribution is 2.41. The van der Waals surface area contributed by atoms with E-state index in [4.69, 9.17) is 4.74 Å². The van der Waals surface area contributed by atoms with Crippen molar-refractivity contribution in [3.63, 3.8) is 0 Å². The van der Waals surface area contributed by atoms with Gasteiger partial charge in [-0.2, -0.15) is 26.3 Å². The number of hydrogen-bond donors (Lipinski definition) is 0. The summed E-state index contributed by atoms with van der Waals surface area (Å²) in [4.78, 5) is 3.56. The maximum atomic E-state index is 12.8. The van der Waals surface area contributed by atoms with Gasteiger partial charge in [-0.15, -0.1) is 0 Å². The van der Waals surface area contributed by atoms with E-state index in [9.17, 15) is 26.3 Å². The molecule has 1 aromatic heterocycles. The van der Waals surface area contributed by atoms with Crippen LogP contribution in [0.5, 0.6) is 11.6 Å². The molecule has 1 aromatic carbocycles. The third-order valence-corrected chi connectivity index (χ3v) is 2.42. The van der Waals surface area contributed by atoms with E-state index in [0.29, 0.717) is 18.2 Å². The molecule has 0 aliphatic carbocycles. The van der Waals surface area contributed by atoms with Gasteiger partial charge in [0.1, 0.15) is 5.75 Å². The molecule has 0 bridgehead atoms. The summed E-state index contributed by atoms with van der Waals surface area (Å²) < 4.78 is 80.9. The fourth-order valence-electron chi connectivity index (χ4n) is 1.50. The minimum atomic E-state index is -4.85. The molecule has 111 valence electrons. The van der Waals surface area contributed by atoms with Gasteiger partial charge in [0.15, 0.2) is 0 Å². The lowest BCUT2D eigenvalue weighted by Crippen LogP contribution is -2.11. The van der Waals surface area contributed by atoms with Gasteiger partial charge in [0.25, 0.3) is 0 Å². The van der Waals surface area contributed by atoms with E-state index in [1.165, 1.54) is 12.1 Å². The standard InChI is InChI=1S/C13H6F6NO/c14-12(15,16)8-4-5-9(13(17,18)19)10(7-8)21-11-3-1-2-6-20-11/h1,3-7H. The van der Waals surface area contributed by atoms with Crippen molar-refractivity contribution < 1.29 is 31.1 Å². The number of pyridine rings is 1. The fourth-order valence-corrected chi connectivity index (χ4v) is 1.50. The lowest BCUT2D eigenvalue weighted by Gasteiger charge is -2.15. The average Bonchev–Trinajstić information content (AvgIpc) is 2.37. The monoisotopic (exact) mass is 306 g/mol. The Kier molecular flexibility index (Phi) is 3.80. The third kappa shape index (κ3) is 3.65. The van der Waals surface area contributed by atoms with Crippen LogP contribution in [0.2, 0.25) is 0 Å². The molecular formula is C13H6F6NO. The van der Waals surface area contributed by atoms with Gasteiger partial charge in [-0.3, -0.25) is 0 Å². The van der Waals surface area contributed by atoms with Crippen LogP contribution in [0.15, 0.2) is 36.5 Å². The normalized spacial score (nSPS) is 12.3. The van der Waals surface area contributed by atoms with Crippen molar-refractivity contribution in [2.45, 2.75) is 12.4 Å². The highest BCUT2D eigenvalue weighted by atomic mass is 19.4. The van der Waals surface area contributed by atoms with Crippen molar-refractivity contribution in [1.29, 1.82) is 0 Å². The lowest BCUT2D eigenvalue weighted by atomic mass is 10.1. The summed E-state index contributed by atoms with van der Waals surface area (Å²) in [5.74, 6) is -1.23. The molecule has 8 heteroatoms. The van der Waals surface area contributed by atoms with E-state index < -0.39 is 29.2 Å². The zero-order chi connectivity index (χ0) is 15.7. The summed E-state index contributed by atoms with van der Waals surface area (Å²) in [7, 11) is 0. The second-order valence-corrected chi connectivity index (χ2v) is 3.90. The van der Waals surface area contributed by atoms with Crippen LogP contribution in [0.1, 0.15) is 11.1 Å². The van der Waals surface area contributed by atoms with Crippen LogP contribution in [-0.2, 0) is 12.4 Å². The predicted molar refractivity (Wildman–Crippen MR) is 59.6 cm³/mol. The van der Waals surface area contributed by atoms with Crippen LogP contribution < -0.4 is 4.74 Å². The third-order valence-electron chi connectivity index (χ3n) is 2.42. The Labute approximate surface area is 115 Å². The first-order chi connectivity index (χ1) is 9.68. The van der Waals surface area contributed by atoms with E-state index in [0.717, 1.165) is 6.20 Å². The van der Waals surface area contributed by atoms with Crippen molar-refractivity contribution in [2.75, 3.05) is 0 Å². The Morgan fingerprint density at radius 1 is 0.952 bits per heavy atom. The molecule has 0 atom stereocenters. The summed E-state index contributed by atoms with van der Waals surface area (Å²) in [6.45, 7) is 0. The Morgan fingerprint density at radius 3 is 2.19 bits per heavy atom. The molecule has 0 aliphatic heterocycles. The molecule has 0 spiro atoms. The van der Waals surface area contributed by atoms with E-state index in [2.05, 4.69) is 11.1 Å². The van der Waals surface area contributed by atoms with Gasteiger partial charge in [-0.25, -0.2) is 4.98 Å². The maximum absolute atomic E-state index is 12.8. The van der Waals surface area contributed by atoms with Crippen LogP contribution in [0.25, 0.3) is 0 Å². The SMILES string of the molecule is FC(F)(F)c1ccc(C(F)(F)F)c(Oc2cc[c]cn2)c1. The summed E-state index contributed by atoms with van der Waals surface area (Å²) in [6, 6.07) is 5.96. The minimum absolute atomic E-state index is 0.265. The van der Waals surface area contributed by atoms with Gasteiger partial charge >= 0.3 is 12.4 Å². The number of halogens is 6. The highest BCUT2D eigenvalue weighted by molar-refractivity contribution is 5.42. The van der Waals surface area contributed by atoms with Crippen molar-refractivity contribution >= 4 is 0 Å². The number of benzene rings is 1. The zero-order valence-electron chi connectivity index (χ0n) is 10.1. The summed E-state index contributed by atoms with van der Waals surface area (Å²) >= 11 is 0. The van der Waals surface area contributed by atoms with Crippen LogP contribution in [-0.4, -0.2) is 4.98 Å². The largest absolute Gasteiger partial charge is 0.438 e. The van der Waals surface area contributed by atoms with Crippen molar-refractivity contribution in [2.24, 2.45) is 0 Å². The van der Waals surface area contributed by atoms with Crippen molar-refractivity contribution in [3.8, 4) is 11.6 Å². The van der Waals surface area contributed by atoms with E-state index in [1.54, 1.807) is 0 Å². The Bertz CT molecular complexity index is 621. The second-order valence-electron chi connectivity index (χ2n) is 3.90. The number of ether oxygens (including phenoxy) is 1. The second kappa shape index (κ2) is 5.27. The number of rotatable bonds is 2. The topological polar surface area (TPSA) is 22.1 Å². The van der Waals surface area contributed by atoms with Crippen LogP contribution >= 0.6 is 0 Å². The summed E-state index contributed by atoms with van der Waals surface area (Å²) in [5.41, 5.74) is -2.56. The number of aromatic nitrogens is 1. The molecule has 0 saturated heterocycles. The quantitative estimate of drug-likeness (QED) is 0.750. The Morgan fingerprint density at radius 2 is 1.67 bits per heavy atom. The molecule has 0 aliphatic rings. The van der Waals surface area contributed by atoms with Gasteiger partial charge < -0.3 is 4.74 Å². The molecule has 21 heavy (non-hydrogen) atoms. The predicted octanol–water partition coefficient (Wildman–Crippen LogP) is 4.71. The van der Waals surface area contributed by atoms with Gasteiger partial charge in [-0.05, 0) is 24.3 Å². The molecule has 2 rings (SSSR count). The van der Waals surface area contributed by atoms with Gasteiger partial charge in [0.2, 0.25) is 5.88 Å². The first-order valence-electron chi connectivity index (χ1n) is 5.46. The van der Waals surface area contributed by atoms with Crippen LogP contribution in [0, 0.1) is 6.07 Å². The molecule has 1 radical (unpaired) electrons. The number of alkyl halides is 6. The first-order valence-corrected chi connectivity index (χ1v) is 5.46. The molecule has 0 amide bonds. The first kappa shape index (κ1) is 15.1. The average molecular weight is 306 g/mol. The van der Waals surface area contributed by atoms with Crippen molar-refractivity contribution in [1.82, 2.24) is 4.98 Å². The van der Waals surface area contributed by atoms with E-state index in [-0.39, 0.29) is 5.88 Å². The van der Waals surface area contributed by atoms with Crippen LogP contribution in [0.3, 0.4) is 0 Å². The molecule has 0 saturated carbocycles. The molecule has 1 heterocycles. The molecule has 0 fully saturated rings. The summed E-state index contributed by atoms with van der Waals surface area (Å²) in [5, 5.41) is 0.